The number of rotatable bonds is 11. The maximum Gasteiger partial charge on any atom is 0.243 e. The van der Waals surface area contributed by atoms with Crippen LogP contribution >= 0.6 is 0 Å². The number of nitrogens with zero attached hydrogens (tertiary/aromatic N) is 2. The van der Waals surface area contributed by atoms with Gasteiger partial charge in [-0.15, -0.1) is 0 Å². The van der Waals surface area contributed by atoms with Gasteiger partial charge in [-0.1, -0.05) is 40.0 Å². The van der Waals surface area contributed by atoms with E-state index in [0.717, 1.165) is 32.1 Å². The van der Waals surface area contributed by atoms with Crippen molar-refractivity contribution in [1.82, 2.24) is 9.55 Å². The number of amides is 1. The molecule has 182 valence electrons. The SMILES string of the molecule is CCCCC(CCC)(C(N)=O)n1c(C(=O)C2(C)CCC(CO)CC2)nc2ccc(OC)cc21. The number of fused-ring (bicyclic) bond motifs is 1. The zero-order valence-electron chi connectivity index (χ0n) is 20.5. The lowest BCUT2D eigenvalue weighted by Crippen LogP contribution is -2.48. The minimum atomic E-state index is -1.03. The summed E-state index contributed by atoms with van der Waals surface area (Å²) in [6.07, 6.45) is 6.56. The molecule has 1 aromatic heterocycles. The van der Waals surface area contributed by atoms with Gasteiger partial charge in [0.25, 0.3) is 0 Å². The highest BCUT2D eigenvalue weighted by Crippen LogP contribution is 2.43. The molecule has 1 atom stereocenters. The fourth-order valence-electron chi connectivity index (χ4n) is 5.35. The van der Waals surface area contributed by atoms with Crippen molar-refractivity contribution in [2.45, 2.75) is 84.1 Å². The third-order valence-corrected chi connectivity index (χ3v) is 7.57. The van der Waals surface area contributed by atoms with Gasteiger partial charge in [-0.3, -0.25) is 9.59 Å². The van der Waals surface area contributed by atoms with Crippen molar-refractivity contribution in [3.05, 3.63) is 24.0 Å². The van der Waals surface area contributed by atoms with Crippen LogP contribution in [0.2, 0.25) is 0 Å². The molecule has 2 aromatic rings. The van der Waals surface area contributed by atoms with E-state index in [2.05, 4.69) is 6.92 Å². The quantitative estimate of drug-likeness (QED) is 0.480. The Morgan fingerprint density at radius 3 is 2.48 bits per heavy atom. The van der Waals surface area contributed by atoms with Crippen LogP contribution in [0.1, 0.15) is 89.2 Å². The zero-order chi connectivity index (χ0) is 24.2. The van der Waals surface area contributed by atoms with Gasteiger partial charge >= 0.3 is 0 Å². The van der Waals surface area contributed by atoms with E-state index in [0.29, 0.717) is 48.3 Å². The van der Waals surface area contributed by atoms with Crippen LogP contribution in [0.25, 0.3) is 11.0 Å². The summed E-state index contributed by atoms with van der Waals surface area (Å²) in [5.41, 5.74) is 5.85. The summed E-state index contributed by atoms with van der Waals surface area (Å²) < 4.78 is 7.30. The van der Waals surface area contributed by atoms with Gasteiger partial charge in [-0.2, -0.15) is 0 Å². The number of unbranched alkanes of at least 4 members (excludes halogenated alkanes) is 1. The van der Waals surface area contributed by atoms with Crippen LogP contribution in [0.4, 0.5) is 0 Å². The summed E-state index contributed by atoms with van der Waals surface area (Å²) in [7, 11) is 1.60. The molecule has 1 saturated carbocycles. The number of ketones is 1. The lowest BCUT2D eigenvalue weighted by atomic mass is 9.69. The first-order valence-corrected chi connectivity index (χ1v) is 12.3. The molecular formula is C26H39N3O4. The smallest absolute Gasteiger partial charge is 0.243 e. The fraction of sp³-hybridized carbons (Fsp3) is 0.654. The van der Waals surface area contributed by atoms with Crippen molar-refractivity contribution in [2.24, 2.45) is 17.1 Å². The van der Waals surface area contributed by atoms with E-state index in [-0.39, 0.29) is 18.3 Å². The number of Topliss-reactive ketones (excluding diaryl/α,β-unsaturated/α-hetero) is 1. The van der Waals surface area contributed by atoms with Crippen LogP contribution in [0.5, 0.6) is 5.75 Å². The van der Waals surface area contributed by atoms with Gasteiger partial charge in [0.2, 0.25) is 11.7 Å². The summed E-state index contributed by atoms with van der Waals surface area (Å²) in [5, 5.41) is 9.55. The minimum absolute atomic E-state index is 0.0488. The number of methoxy groups -OCH3 is 1. The highest BCUT2D eigenvalue weighted by molar-refractivity contribution is 6.01. The van der Waals surface area contributed by atoms with Gasteiger partial charge in [-0.25, -0.2) is 4.98 Å². The third kappa shape index (κ3) is 4.65. The molecule has 1 fully saturated rings. The molecule has 1 heterocycles. The Morgan fingerprint density at radius 2 is 1.94 bits per heavy atom. The normalized spacial score (nSPS) is 22.8. The molecule has 3 N–H and O–H groups in total. The molecule has 7 heteroatoms. The Hall–Kier alpha value is -2.41. The second-order valence-corrected chi connectivity index (χ2v) is 9.89. The number of aromatic nitrogens is 2. The van der Waals surface area contributed by atoms with E-state index in [9.17, 15) is 14.7 Å². The van der Waals surface area contributed by atoms with Crippen molar-refractivity contribution < 1.29 is 19.4 Å². The number of nitrogens with two attached hydrogens (primary N) is 1. The number of primary amides is 1. The summed E-state index contributed by atoms with van der Waals surface area (Å²) in [6.45, 7) is 6.26. The second kappa shape index (κ2) is 10.2. The van der Waals surface area contributed by atoms with Gasteiger partial charge < -0.3 is 20.1 Å². The number of aliphatic hydroxyl groups excluding tert-OH is 1. The van der Waals surface area contributed by atoms with Gasteiger partial charge in [0.05, 0.1) is 18.1 Å². The van der Waals surface area contributed by atoms with E-state index in [1.807, 2.05) is 36.6 Å². The highest BCUT2D eigenvalue weighted by atomic mass is 16.5. The summed E-state index contributed by atoms with van der Waals surface area (Å²) in [4.78, 5) is 32.0. The van der Waals surface area contributed by atoms with Crippen molar-refractivity contribution in [2.75, 3.05) is 13.7 Å². The largest absolute Gasteiger partial charge is 0.497 e. The molecule has 0 saturated heterocycles. The topological polar surface area (TPSA) is 107 Å². The molecule has 0 spiro atoms. The number of carbonyl (C=O) groups excluding carboxylic acids is 2. The average Bonchev–Trinajstić information content (AvgIpc) is 3.20. The predicted octanol–water partition coefficient (Wildman–Crippen LogP) is 4.59. The molecule has 0 radical (unpaired) electrons. The Balaban J connectivity index is 2.24. The van der Waals surface area contributed by atoms with Crippen molar-refractivity contribution in [1.29, 1.82) is 0 Å². The Kier molecular flexibility index (Phi) is 7.83. The van der Waals surface area contributed by atoms with Gasteiger partial charge in [0.15, 0.2) is 5.82 Å². The first-order valence-electron chi connectivity index (χ1n) is 12.3. The third-order valence-electron chi connectivity index (χ3n) is 7.57. The number of hydrogen-bond donors (Lipinski definition) is 2. The number of aliphatic hydroxyl groups is 1. The van der Waals surface area contributed by atoms with Crippen LogP contribution in [-0.2, 0) is 10.3 Å². The van der Waals surface area contributed by atoms with E-state index in [1.165, 1.54) is 0 Å². The lowest BCUT2D eigenvalue weighted by molar-refractivity contribution is -0.127. The molecule has 33 heavy (non-hydrogen) atoms. The Labute approximate surface area is 196 Å². The van der Waals surface area contributed by atoms with Crippen molar-refractivity contribution >= 4 is 22.7 Å². The molecule has 0 bridgehead atoms. The number of benzene rings is 1. The van der Waals surface area contributed by atoms with Crippen LogP contribution < -0.4 is 10.5 Å². The lowest BCUT2D eigenvalue weighted by Gasteiger charge is -2.38. The molecule has 1 aromatic carbocycles. The fourth-order valence-corrected chi connectivity index (χ4v) is 5.35. The van der Waals surface area contributed by atoms with Crippen LogP contribution in [0.15, 0.2) is 18.2 Å². The van der Waals surface area contributed by atoms with E-state index >= 15 is 0 Å². The van der Waals surface area contributed by atoms with Gasteiger partial charge in [0.1, 0.15) is 11.3 Å². The molecule has 3 rings (SSSR count). The first kappa shape index (κ1) is 25.2. The van der Waals surface area contributed by atoms with Crippen molar-refractivity contribution in [3.63, 3.8) is 0 Å². The Bertz CT molecular complexity index is 991. The molecule has 0 aliphatic heterocycles. The van der Waals surface area contributed by atoms with E-state index in [1.54, 1.807) is 7.11 Å². The van der Waals surface area contributed by atoms with Crippen LogP contribution in [-0.4, -0.2) is 40.1 Å². The number of carbonyl (C=O) groups is 2. The molecule has 1 amide bonds. The second-order valence-electron chi connectivity index (χ2n) is 9.89. The van der Waals surface area contributed by atoms with Crippen LogP contribution in [0, 0.1) is 11.3 Å². The number of hydrogen-bond acceptors (Lipinski definition) is 5. The maximum absolute atomic E-state index is 14.1. The van der Waals surface area contributed by atoms with E-state index in [4.69, 9.17) is 15.5 Å². The van der Waals surface area contributed by atoms with E-state index < -0.39 is 16.9 Å². The molecule has 1 aliphatic carbocycles. The average molecular weight is 458 g/mol. The maximum atomic E-state index is 14.1. The van der Waals surface area contributed by atoms with Gasteiger partial charge in [0, 0.05) is 18.1 Å². The molecule has 7 nitrogen and oxygen atoms in total. The molecule has 1 unspecified atom stereocenters. The van der Waals surface area contributed by atoms with Gasteiger partial charge in [-0.05, 0) is 56.6 Å². The summed E-state index contributed by atoms with van der Waals surface area (Å²) >= 11 is 0. The first-order chi connectivity index (χ1) is 15.8. The zero-order valence-corrected chi connectivity index (χ0v) is 20.5. The highest BCUT2D eigenvalue weighted by Gasteiger charge is 2.45. The standard InChI is InChI=1S/C26H39N3O4/c1-5-7-13-26(12-6-2,24(27)32)29-21-16-19(33-4)8-9-20(21)28-23(29)22(31)25(3)14-10-18(17-30)11-15-25/h8-9,16,18,30H,5-7,10-15,17H2,1-4H3,(H2,27,32). The molecule has 1 aliphatic rings. The number of ether oxygens (including phenoxy) is 1. The van der Waals surface area contributed by atoms with Crippen molar-refractivity contribution in [3.8, 4) is 5.75 Å². The van der Waals surface area contributed by atoms with Crippen LogP contribution in [0.3, 0.4) is 0 Å². The molecular weight excluding hydrogens is 418 g/mol. The minimum Gasteiger partial charge on any atom is -0.497 e. The Morgan fingerprint density at radius 1 is 1.24 bits per heavy atom. The predicted molar refractivity (Wildman–Crippen MR) is 129 cm³/mol. The number of imidazole rings is 1. The summed E-state index contributed by atoms with van der Waals surface area (Å²) in [6, 6.07) is 5.51. The monoisotopic (exact) mass is 457 g/mol. The summed E-state index contributed by atoms with van der Waals surface area (Å²) in [5.74, 6) is 0.716.